The zero-order chi connectivity index (χ0) is 79.5. The van der Waals surface area contributed by atoms with Crippen LogP contribution in [0.4, 0.5) is 17.8 Å². The van der Waals surface area contributed by atoms with E-state index in [1.165, 1.54) is 69.6 Å². The molecule has 5 amide bonds. The lowest BCUT2D eigenvalue weighted by Gasteiger charge is -2.26. The summed E-state index contributed by atoms with van der Waals surface area (Å²) < 4.78 is 6.09. The molecule has 5 N–H and O–H groups in total. The summed E-state index contributed by atoms with van der Waals surface area (Å²) in [6, 6.07) is 30.4. The van der Waals surface area contributed by atoms with E-state index in [1.807, 2.05) is 100 Å². The molecule has 30 heteroatoms. The number of hydrogen-bond donors (Lipinski definition) is 5. The van der Waals surface area contributed by atoms with Gasteiger partial charge in [0, 0.05) is 146 Å². The number of carbonyl (C=O) groups is 6. The van der Waals surface area contributed by atoms with Gasteiger partial charge in [0.1, 0.15) is 0 Å². The van der Waals surface area contributed by atoms with E-state index in [-0.39, 0.29) is 65.9 Å². The van der Waals surface area contributed by atoms with Crippen molar-refractivity contribution >= 4 is 168 Å². The zero-order valence-electron chi connectivity index (χ0n) is 64.3. The Bertz CT molecular complexity index is 4900. The standard InChI is InChI=1S/C30H35ClN6O2.C24H25Cl2N5O2.C20H22ClN5O.C6H11N.C4H4Cl2O.ClH/c1-20-18-21(14-15-32-20)29(39)34-30-33-26-8-4-7-25(31)28(26)37(30)24-6-2-3-16-35(19-24)27(38)9-5-17-36(22-10-11-22)23-12-13-23;1-16-14-17(10-12-27-16)23(33)29-24-28-20-8-4-7-19(26)22(20)31(24)18-6-2-3-13-30(15-18)21(32)9-5-11-25;1-13-11-14(8-10-23-13)19(27)25-20-24-17-7-4-6-16(21)18(17)26(20)15-5-2-3-9-22-12-15;1-2-5(1)7-6-3-4-6;5-3-1-2-4(6)7;/h4-5,7-9,14-15,18,22-24H,2-3,6,10-13,16-17,19H2,1H3,(H,33,34,39);4-5,7-10,12,14,18H,2-3,6,11,13,15H2,1H3,(H,28,29,33);4,6-8,10-11,15,22H,2-3,5,9,12H2,1H3,(H,24,25,27);5-7H,1-4H2;1-2H,3H2;1H/b2*9-5+;;;2-1+;/t24-;18-;;;;/m11..../s1. The summed E-state index contributed by atoms with van der Waals surface area (Å²) in [4.78, 5) is 108. The van der Waals surface area contributed by atoms with E-state index in [9.17, 15) is 28.8 Å². The summed E-state index contributed by atoms with van der Waals surface area (Å²) in [7, 11) is 0. The number of nitrogens with one attached hydrogen (secondary N) is 5. The third-order valence-electron chi connectivity index (χ3n) is 20.6. The van der Waals surface area contributed by atoms with Crippen molar-refractivity contribution < 1.29 is 28.8 Å². The molecule has 0 bridgehead atoms. The van der Waals surface area contributed by atoms with Crippen molar-refractivity contribution in [1.82, 2.24) is 68.9 Å². The summed E-state index contributed by atoms with van der Waals surface area (Å²) in [6.45, 7) is 10.6. The number of halogens is 7. The third-order valence-corrected chi connectivity index (χ3v) is 22.0. The summed E-state index contributed by atoms with van der Waals surface area (Å²) >= 11 is 35.5. The molecule has 9 heterocycles. The van der Waals surface area contributed by atoms with E-state index >= 15 is 0 Å². The second-order valence-corrected chi connectivity index (χ2v) is 31.8. The van der Waals surface area contributed by atoms with Crippen LogP contribution in [0.1, 0.15) is 175 Å². The molecule has 3 aliphatic heterocycles. The predicted molar refractivity (Wildman–Crippen MR) is 459 cm³/mol. The molecule has 3 atom stereocenters. The first-order chi connectivity index (χ1) is 54.8. The van der Waals surface area contributed by atoms with Crippen LogP contribution >= 0.6 is 82.0 Å². The molecule has 9 aromatic rings. The van der Waals surface area contributed by atoms with Crippen molar-refractivity contribution in [1.29, 1.82) is 0 Å². The van der Waals surface area contributed by atoms with Gasteiger partial charge in [-0.2, -0.15) is 0 Å². The largest absolute Gasteiger partial charge is 0.337 e. The molecule has 1 unspecified atom stereocenters. The van der Waals surface area contributed by atoms with Gasteiger partial charge >= 0.3 is 0 Å². The predicted octanol–water partition coefficient (Wildman–Crippen LogP) is 17.2. The minimum atomic E-state index is -0.486. The average Bonchev–Trinajstić information content (AvgIpc) is 1.63. The number of pyridine rings is 3. The molecule has 604 valence electrons. The molecule has 3 aromatic carbocycles. The van der Waals surface area contributed by atoms with Crippen LogP contribution in [0.3, 0.4) is 0 Å². The molecule has 6 aromatic heterocycles. The van der Waals surface area contributed by atoms with E-state index in [1.54, 1.807) is 67.1 Å². The van der Waals surface area contributed by atoms with Gasteiger partial charge in [0.25, 0.3) is 17.7 Å². The minimum Gasteiger partial charge on any atom is -0.337 e. The SMILES string of the molecule is C1CC1NC1CC1.Cc1cc(C(=O)Nc2nc3cccc(Cl)c3n2C2CCCCNC2)ccn1.Cc1cc(C(=O)Nc2nc3cccc(Cl)c3n2[C@@H]2CCCCN(C(=O)/C=C/CCl)C2)ccn1.Cc1cc(C(=O)Nc2nc3cccc(Cl)c3n2[C@@H]2CCCCN(C(=O)/C=C/CN(C3CC3)C3CC3)C2)ccn1.Cl.O=C(Cl)/C=C/CCl. The average molecular weight is 1690 g/mol. The molecular formula is C84H98Cl7N17O6. The second kappa shape index (κ2) is 42.0. The van der Waals surface area contributed by atoms with Gasteiger partial charge in [-0.25, -0.2) is 15.0 Å². The van der Waals surface area contributed by atoms with Crippen LogP contribution < -0.4 is 26.6 Å². The Morgan fingerprint density at radius 3 is 1.23 bits per heavy atom. The Labute approximate surface area is 701 Å². The van der Waals surface area contributed by atoms with E-state index in [0.29, 0.717) is 105 Å². The zero-order valence-corrected chi connectivity index (χ0v) is 69.6. The highest BCUT2D eigenvalue weighted by Crippen LogP contribution is 2.40. The van der Waals surface area contributed by atoms with Crippen LogP contribution in [-0.4, -0.2) is 175 Å². The Morgan fingerprint density at radius 1 is 0.482 bits per heavy atom. The number of imidazole rings is 3. The molecule has 4 aliphatic carbocycles. The Balaban J connectivity index is 0.000000156. The van der Waals surface area contributed by atoms with Crippen molar-refractivity contribution in [3.63, 3.8) is 0 Å². The molecule has 114 heavy (non-hydrogen) atoms. The van der Waals surface area contributed by atoms with Crippen LogP contribution in [0.25, 0.3) is 33.1 Å². The molecule has 4 saturated carbocycles. The van der Waals surface area contributed by atoms with Gasteiger partial charge in [-0.3, -0.25) is 64.6 Å². The Hall–Kier alpha value is -8.33. The van der Waals surface area contributed by atoms with Gasteiger partial charge in [-0.05, 0) is 221 Å². The first-order valence-corrected chi connectivity index (χ1v) is 41.7. The van der Waals surface area contributed by atoms with Crippen LogP contribution in [0.2, 0.25) is 15.1 Å². The maximum absolute atomic E-state index is 13.3. The fourth-order valence-electron chi connectivity index (χ4n) is 14.5. The number of amides is 5. The monoisotopic (exact) mass is 1690 g/mol. The molecule has 23 nitrogen and oxygen atoms in total. The lowest BCUT2D eigenvalue weighted by Crippen LogP contribution is -2.35. The smallest absolute Gasteiger partial charge is 0.258 e. The van der Waals surface area contributed by atoms with Crippen molar-refractivity contribution in [3.05, 3.63) is 195 Å². The second-order valence-electron chi connectivity index (χ2n) is 29.6. The lowest BCUT2D eigenvalue weighted by atomic mass is 10.1. The van der Waals surface area contributed by atoms with Gasteiger partial charge in [-0.15, -0.1) is 35.6 Å². The number of aromatic nitrogens is 9. The van der Waals surface area contributed by atoms with E-state index in [4.69, 9.17) is 74.6 Å². The van der Waals surface area contributed by atoms with Gasteiger partial charge < -0.3 is 34.1 Å². The van der Waals surface area contributed by atoms with Gasteiger partial charge in [0.05, 0.1) is 60.3 Å². The number of anilines is 3. The number of rotatable bonds is 20. The number of nitrogens with zero attached hydrogens (tertiary/aromatic N) is 12. The Kier molecular flexibility index (Phi) is 31.9. The quantitative estimate of drug-likeness (QED) is 0.0270. The van der Waals surface area contributed by atoms with E-state index in [2.05, 4.69) is 61.0 Å². The van der Waals surface area contributed by atoms with Crippen molar-refractivity contribution in [2.75, 3.05) is 73.5 Å². The van der Waals surface area contributed by atoms with Gasteiger partial charge in [0.15, 0.2) is 0 Å². The molecule has 3 saturated heterocycles. The van der Waals surface area contributed by atoms with E-state index in [0.717, 1.165) is 129 Å². The topological polar surface area (TPSA) is 264 Å². The first-order valence-electron chi connectivity index (χ1n) is 39.1. The van der Waals surface area contributed by atoms with Gasteiger partial charge in [-0.1, -0.05) is 77.7 Å². The highest BCUT2D eigenvalue weighted by molar-refractivity contribution is 6.66. The summed E-state index contributed by atoms with van der Waals surface area (Å²) in [5.74, 6) is 1.24. The number of benzene rings is 3. The summed E-state index contributed by atoms with van der Waals surface area (Å²) in [5, 5.41) is 17.2. The highest BCUT2D eigenvalue weighted by Gasteiger charge is 2.39. The highest BCUT2D eigenvalue weighted by atomic mass is 35.5. The molecule has 0 spiro atoms. The van der Waals surface area contributed by atoms with Crippen LogP contribution in [0.5, 0.6) is 0 Å². The van der Waals surface area contributed by atoms with Crippen LogP contribution in [-0.2, 0) is 14.4 Å². The number of alkyl halides is 2. The number of fused-ring (bicyclic) bond motifs is 3. The van der Waals surface area contributed by atoms with Gasteiger partial charge in [0.2, 0.25) is 34.9 Å². The maximum atomic E-state index is 13.3. The van der Waals surface area contributed by atoms with Crippen LogP contribution in [0.15, 0.2) is 146 Å². The number of para-hydroxylation sites is 3. The molecule has 7 fully saturated rings. The fraction of sp³-hybridized carbons (Fsp3) is 0.429. The Morgan fingerprint density at radius 2 is 0.860 bits per heavy atom. The molecule has 16 rings (SSSR count). The molecule has 0 radical (unpaired) electrons. The summed E-state index contributed by atoms with van der Waals surface area (Å²) in [6.07, 6.45) is 34.2. The first kappa shape index (κ1) is 86.5. The third kappa shape index (κ3) is 24.2. The van der Waals surface area contributed by atoms with Crippen molar-refractivity contribution in [2.45, 2.75) is 172 Å². The van der Waals surface area contributed by atoms with Crippen molar-refractivity contribution in [3.8, 4) is 0 Å². The maximum Gasteiger partial charge on any atom is 0.258 e. The lowest BCUT2D eigenvalue weighted by molar-refractivity contribution is -0.127. The number of carbonyl (C=O) groups excluding carboxylic acids is 6. The number of aryl methyl sites for hydroxylation is 3. The van der Waals surface area contributed by atoms with E-state index < -0.39 is 5.24 Å². The molecule has 7 aliphatic rings. The minimum absolute atomic E-state index is 0. The van der Waals surface area contributed by atoms with Crippen molar-refractivity contribution in [2.24, 2.45) is 0 Å². The normalized spacial score (nSPS) is 18.4. The fourth-order valence-corrected chi connectivity index (χ4v) is 15.6. The number of allylic oxidation sites excluding steroid dienone is 3. The molecular weight excluding hydrogens is 1590 g/mol. The van der Waals surface area contributed by atoms with Crippen LogP contribution in [0, 0.1) is 20.8 Å². The number of likely N-dealkylation sites (tertiary alicyclic amines) is 2. The summed E-state index contributed by atoms with van der Waals surface area (Å²) in [5.41, 5.74) is 8.47. The number of hydrogen-bond acceptors (Lipinski definition) is 15.